The molecule has 2 unspecified atom stereocenters. The maximum atomic E-state index is 4.70. The van der Waals surface area contributed by atoms with Crippen molar-refractivity contribution in [2.75, 3.05) is 17.7 Å². The van der Waals surface area contributed by atoms with Crippen LogP contribution in [0, 0.1) is 5.92 Å². The topological polar surface area (TPSA) is 49.8 Å². The van der Waals surface area contributed by atoms with Gasteiger partial charge in [-0.1, -0.05) is 19.8 Å². The van der Waals surface area contributed by atoms with Crippen molar-refractivity contribution in [3.63, 3.8) is 0 Å². The highest BCUT2D eigenvalue weighted by atomic mass is 15.1. The Balaban J connectivity index is 1.73. The summed E-state index contributed by atoms with van der Waals surface area (Å²) < 4.78 is 0. The Hall–Kier alpha value is -1.32. The van der Waals surface area contributed by atoms with Gasteiger partial charge >= 0.3 is 0 Å². The molecule has 104 valence electrons. The molecule has 2 aliphatic rings. The number of hydrogen-bond acceptors (Lipinski definition) is 4. The molecule has 0 amide bonds. The smallest absolute Gasteiger partial charge is 0.136 e. The van der Waals surface area contributed by atoms with Gasteiger partial charge in [-0.3, -0.25) is 0 Å². The average Bonchev–Trinajstić information content (AvgIpc) is 3.22. The minimum absolute atomic E-state index is 0.579. The summed E-state index contributed by atoms with van der Waals surface area (Å²) in [5.41, 5.74) is 0. The van der Waals surface area contributed by atoms with Gasteiger partial charge in [-0.05, 0) is 31.6 Å². The molecule has 0 aromatic carbocycles. The van der Waals surface area contributed by atoms with E-state index in [0.29, 0.717) is 12.0 Å². The first-order valence-corrected chi connectivity index (χ1v) is 7.58. The maximum absolute atomic E-state index is 4.70. The summed E-state index contributed by atoms with van der Waals surface area (Å²) in [5, 5.41) is 6.76. The Bertz CT molecular complexity index is 442. The standard InChI is InChI=1S/C15H24N4/c1-10-4-3-5-12(8-10)17-14-9-13(16-2)18-15(19-14)11-6-7-11/h9-12H,3-8H2,1-2H3,(H2,16,17,18,19). The van der Waals surface area contributed by atoms with E-state index in [4.69, 9.17) is 4.98 Å². The third-order valence-corrected chi connectivity index (χ3v) is 4.23. The summed E-state index contributed by atoms with van der Waals surface area (Å²) in [4.78, 5) is 9.26. The van der Waals surface area contributed by atoms with Crippen molar-refractivity contribution in [3.8, 4) is 0 Å². The van der Waals surface area contributed by atoms with Crippen LogP contribution in [0.1, 0.15) is 57.2 Å². The van der Waals surface area contributed by atoms with Crippen LogP contribution in [-0.4, -0.2) is 23.1 Å². The van der Waals surface area contributed by atoms with Gasteiger partial charge in [0.05, 0.1) is 0 Å². The zero-order valence-corrected chi connectivity index (χ0v) is 11.9. The monoisotopic (exact) mass is 260 g/mol. The van der Waals surface area contributed by atoms with Crippen molar-refractivity contribution < 1.29 is 0 Å². The molecule has 4 nitrogen and oxygen atoms in total. The van der Waals surface area contributed by atoms with Crippen molar-refractivity contribution in [2.45, 2.75) is 57.4 Å². The fourth-order valence-corrected chi connectivity index (χ4v) is 2.97. The van der Waals surface area contributed by atoms with Crippen LogP contribution >= 0.6 is 0 Å². The Morgan fingerprint density at radius 1 is 1.11 bits per heavy atom. The van der Waals surface area contributed by atoms with Crippen LogP contribution < -0.4 is 10.6 Å². The Morgan fingerprint density at radius 2 is 1.89 bits per heavy atom. The summed E-state index contributed by atoms with van der Waals surface area (Å²) in [6, 6.07) is 2.61. The van der Waals surface area contributed by atoms with Gasteiger partial charge in [0.1, 0.15) is 17.5 Å². The lowest BCUT2D eigenvalue weighted by Crippen LogP contribution is -2.26. The summed E-state index contributed by atoms with van der Waals surface area (Å²) >= 11 is 0. The van der Waals surface area contributed by atoms with Crippen molar-refractivity contribution in [1.29, 1.82) is 0 Å². The molecular formula is C15H24N4. The fraction of sp³-hybridized carbons (Fsp3) is 0.733. The van der Waals surface area contributed by atoms with Crippen LogP contribution in [0.4, 0.5) is 11.6 Å². The molecule has 0 radical (unpaired) electrons. The number of aromatic nitrogens is 2. The molecule has 2 atom stereocenters. The van der Waals surface area contributed by atoms with Gasteiger partial charge in [0.15, 0.2) is 0 Å². The Kier molecular flexibility index (Phi) is 3.58. The number of rotatable bonds is 4. The van der Waals surface area contributed by atoms with Gasteiger partial charge in [-0.25, -0.2) is 9.97 Å². The summed E-state index contributed by atoms with van der Waals surface area (Å²) in [6.45, 7) is 2.35. The van der Waals surface area contributed by atoms with E-state index < -0.39 is 0 Å². The predicted molar refractivity (Wildman–Crippen MR) is 78.6 cm³/mol. The highest BCUT2D eigenvalue weighted by molar-refractivity contribution is 5.48. The zero-order chi connectivity index (χ0) is 13.2. The number of anilines is 2. The van der Waals surface area contributed by atoms with Crippen molar-refractivity contribution in [3.05, 3.63) is 11.9 Å². The SMILES string of the molecule is CNc1cc(NC2CCCC(C)C2)nc(C2CC2)n1. The average molecular weight is 260 g/mol. The molecule has 3 rings (SSSR count). The quantitative estimate of drug-likeness (QED) is 0.871. The van der Waals surface area contributed by atoms with E-state index in [1.54, 1.807) is 0 Å². The molecular weight excluding hydrogens is 236 g/mol. The molecule has 2 aliphatic carbocycles. The number of hydrogen-bond donors (Lipinski definition) is 2. The van der Waals surface area contributed by atoms with E-state index >= 15 is 0 Å². The number of nitrogens with one attached hydrogen (secondary N) is 2. The molecule has 2 N–H and O–H groups in total. The Labute approximate surface area is 115 Å². The molecule has 1 aromatic rings. The van der Waals surface area contributed by atoms with Crippen molar-refractivity contribution >= 4 is 11.6 Å². The highest BCUT2D eigenvalue weighted by Crippen LogP contribution is 2.39. The van der Waals surface area contributed by atoms with E-state index in [9.17, 15) is 0 Å². The van der Waals surface area contributed by atoms with E-state index in [0.717, 1.165) is 23.4 Å². The molecule has 1 heterocycles. The van der Waals surface area contributed by atoms with Gasteiger partial charge < -0.3 is 10.6 Å². The highest BCUT2D eigenvalue weighted by Gasteiger charge is 2.27. The molecule has 0 saturated heterocycles. The van der Waals surface area contributed by atoms with Gasteiger partial charge in [-0.2, -0.15) is 0 Å². The lowest BCUT2D eigenvalue weighted by molar-refractivity contribution is 0.358. The second-order valence-electron chi connectivity index (χ2n) is 6.13. The zero-order valence-electron chi connectivity index (χ0n) is 11.9. The van der Waals surface area contributed by atoms with Crippen LogP contribution in [-0.2, 0) is 0 Å². The molecule has 0 spiro atoms. The molecule has 4 heteroatoms. The van der Waals surface area contributed by atoms with E-state index in [-0.39, 0.29) is 0 Å². The number of nitrogens with zero attached hydrogens (tertiary/aromatic N) is 2. The lowest BCUT2D eigenvalue weighted by atomic mass is 9.87. The van der Waals surface area contributed by atoms with E-state index in [2.05, 4.69) is 22.5 Å². The third-order valence-electron chi connectivity index (χ3n) is 4.23. The lowest BCUT2D eigenvalue weighted by Gasteiger charge is -2.28. The van der Waals surface area contributed by atoms with Crippen LogP contribution in [0.15, 0.2) is 6.07 Å². The molecule has 1 aromatic heterocycles. The molecule has 19 heavy (non-hydrogen) atoms. The minimum Gasteiger partial charge on any atom is -0.373 e. The van der Waals surface area contributed by atoms with Crippen LogP contribution in [0.25, 0.3) is 0 Å². The van der Waals surface area contributed by atoms with Crippen molar-refractivity contribution in [1.82, 2.24) is 9.97 Å². The van der Waals surface area contributed by atoms with Crippen LogP contribution in [0.5, 0.6) is 0 Å². The predicted octanol–water partition coefficient (Wildman–Crippen LogP) is 3.39. The van der Waals surface area contributed by atoms with E-state index in [1.807, 2.05) is 13.1 Å². The van der Waals surface area contributed by atoms with Crippen LogP contribution in [0.2, 0.25) is 0 Å². The van der Waals surface area contributed by atoms with E-state index in [1.165, 1.54) is 38.5 Å². The first kappa shape index (κ1) is 12.7. The molecule has 2 saturated carbocycles. The second kappa shape index (κ2) is 5.35. The van der Waals surface area contributed by atoms with Gasteiger partial charge in [-0.15, -0.1) is 0 Å². The van der Waals surface area contributed by atoms with Gasteiger partial charge in [0, 0.05) is 25.1 Å². The molecule has 0 bridgehead atoms. The summed E-state index contributed by atoms with van der Waals surface area (Å²) in [7, 11) is 1.92. The first-order valence-electron chi connectivity index (χ1n) is 7.58. The third kappa shape index (κ3) is 3.17. The fourth-order valence-electron chi connectivity index (χ4n) is 2.97. The second-order valence-corrected chi connectivity index (χ2v) is 6.13. The first-order chi connectivity index (χ1) is 9.24. The molecule has 2 fully saturated rings. The summed E-state index contributed by atoms with van der Waals surface area (Å²) in [5.74, 6) is 4.38. The summed E-state index contributed by atoms with van der Waals surface area (Å²) in [6.07, 6.45) is 7.72. The largest absolute Gasteiger partial charge is 0.373 e. The normalized spacial score (nSPS) is 27.1. The van der Waals surface area contributed by atoms with Crippen molar-refractivity contribution in [2.24, 2.45) is 5.92 Å². The maximum Gasteiger partial charge on any atom is 0.136 e. The molecule has 0 aliphatic heterocycles. The minimum atomic E-state index is 0.579. The van der Waals surface area contributed by atoms with Gasteiger partial charge in [0.2, 0.25) is 0 Å². The van der Waals surface area contributed by atoms with Crippen LogP contribution in [0.3, 0.4) is 0 Å². The van der Waals surface area contributed by atoms with Gasteiger partial charge in [0.25, 0.3) is 0 Å². The Morgan fingerprint density at radius 3 is 2.58 bits per heavy atom.